The summed E-state index contributed by atoms with van der Waals surface area (Å²) in [5.74, 6) is 1.74. The molecule has 0 atom stereocenters. The summed E-state index contributed by atoms with van der Waals surface area (Å²) in [4.78, 5) is 16.2. The number of benzene rings is 2. The number of rotatable bonds is 8. The summed E-state index contributed by atoms with van der Waals surface area (Å²) in [6, 6.07) is 8.71. The molecule has 196 valence electrons. The Morgan fingerprint density at radius 1 is 0.833 bits per heavy atom. The first kappa shape index (κ1) is 26.1. The molecule has 1 fully saturated rings. The third kappa shape index (κ3) is 5.09. The fourth-order valence-electron chi connectivity index (χ4n) is 4.70. The number of hydrogen-bond acceptors (Lipinski definition) is 8. The lowest BCUT2D eigenvalue weighted by Crippen LogP contribution is -2.49. The number of hydrogen-bond donors (Lipinski definition) is 0. The van der Waals surface area contributed by atoms with Crippen LogP contribution in [0.4, 0.5) is 5.69 Å². The van der Waals surface area contributed by atoms with E-state index in [2.05, 4.69) is 4.90 Å². The number of fused-ring (bicyclic) bond motifs is 1. The highest BCUT2D eigenvalue weighted by Gasteiger charge is 2.31. The van der Waals surface area contributed by atoms with Gasteiger partial charge in [-0.2, -0.15) is 4.31 Å². The van der Waals surface area contributed by atoms with Gasteiger partial charge in [-0.25, -0.2) is 8.42 Å². The Morgan fingerprint density at radius 3 is 2.08 bits per heavy atom. The third-order valence-electron chi connectivity index (χ3n) is 6.71. The lowest BCUT2D eigenvalue weighted by molar-refractivity contribution is -0.135. The van der Waals surface area contributed by atoms with E-state index < -0.39 is 10.0 Å². The number of nitrogens with zero attached hydrogens (tertiary/aromatic N) is 3. The Hall–Kier alpha value is -3.02. The average Bonchev–Trinajstić information content (AvgIpc) is 2.91. The van der Waals surface area contributed by atoms with Crippen LogP contribution in [0.25, 0.3) is 0 Å². The van der Waals surface area contributed by atoms with Gasteiger partial charge in [0.15, 0.2) is 11.5 Å². The van der Waals surface area contributed by atoms with E-state index in [4.69, 9.17) is 18.9 Å². The molecule has 0 saturated carbocycles. The molecule has 2 heterocycles. The van der Waals surface area contributed by atoms with Crippen molar-refractivity contribution in [1.29, 1.82) is 0 Å². The maximum absolute atomic E-state index is 13.7. The second-order valence-corrected chi connectivity index (χ2v) is 10.6. The van der Waals surface area contributed by atoms with E-state index >= 15 is 0 Å². The van der Waals surface area contributed by atoms with E-state index in [1.54, 1.807) is 44.4 Å². The largest absolute Gasteiger partial charge is 0.495 e. The number of carbonyl (C=O) groups is 1. The van der Waals surface area contributed by atoms with Crippen molar-refractivity contribution in [1.82, 2.24) is 9.21 Å². The van der Waals surface area contributed by atoms with Gasteiger partial charge in [0, 0.05) is 46.4 Å². The number of carbonyl (C=O) groups excluding carboxylic acids is 1. The molecule has 2 aromatic carbocycles. The number of sulfonamides is 1. The van der Waals surface area contributed by atoms with Gasteiger partial charge < -0.3 is 28.7 Å². The first-order valence-corrected chi connectivity index (χ1v) is 13.2. The molecule has 4 rings (SSSR count). The number of piperazine rings is 1. The lowest BCUT2D eigenvalue weighted by atomic mass is 10.0. The van der Waals surface area contributed by atoms with Crippen molar-refractivity contribution >= 4 is 21.6 Å². The molecule has 0 radical (unpaired) electrons. The van der Waals surface area contributed by atoms with E-state index in [-0.39, 0.29) is 24.0 Å². The Morgan fingerprint density at radius 2 is 1.47 bits per heavy atom. The maximum atomic E-state index is 13.7. The van der Waals surface area contributed by atoms with Gasteiger partial charge in [-0.1, -0.05) is 0 Å². The minimum Gasteiger partial charge on any atom is -0.495 e. The Kier molecular flexibility index (Phi) is 7.91. The van der Waals surface area contributed by atoms with Gasteiger partial charge in [-0.15, -0.1) is 0 Å². The van der Waals surface area contributed by atoms with E-state index in [0.29, 0.717) is 62.1 Å². The summed E-state index contributed by atoms with van der Waals surface area (Å²) >= 11 is 0. The molecular formula is C25H33N3O7S. The van der Waals surface area contributed by atoms with Crippen LogP contribution in [0.3, 0.4) is 0 Å². The quantitative estimate of drug-likeness (QED) is 0.521. The van der Waals surface area contributed by atoms with E-state index in [1.807, 2.05) is 12.1 Å². The van der Waals surface area contributed by atoms with E-state index in [9.17, 15) is 13.2 Å². The van der Waals surface area contributed by atoms with Crippen molar-refractivity contribution in [3.8, 4) is 17.2 Å². The van der Waals surface area contributed by atoms with Crippen molar-refractivity contribution in [3.63, 3.8) is 0 Å². The summed E-state index contributed by atoms with van der Waals surface area (Å²) in [6.45, 7) is 2.84. The number of methoxy groups -OCH3 is 4. The zero-order valence-corrected chi connectivity index (χ0v) is 22.0. The predicted molar refractivity (Wildman–Crippen MR) is 135 cm³/mol. The molecule has 2 aromatic rings. The second-order valence-electron chi connectivity index (χ2n) is 8.70. The van der Waals surface area contributed by atoms with Crippen LogP contribution in [0.5, 0.6) is 17.2 Å². The Labute approximate surface area is 212 Å². The summed E-state index contributed by atoms with van der Waals surface area (Å²) in [7, 11) is 2.45. The Bertz CT molecular complexity index is 1210. The van der Waals surface area contributed by atoms with Crippen molar-refractivity contribution in [3.05, 3.63) is 41.5 Å². The molecule has 2 aliphatic rings. The molecule has 10 nitrogen and oxygen atoms in total. The summed E-state index contributed by atoms with van der Waals surface area (Å²) in [5.41, 5.74) is 2.64. The van der Waals surface area contributed by atoms with Gasteiger partial charge in [0.05, 0.1) is 31.9 Å². The molecule has 36 heavy (non-hydrogen) atoms. The smallest absolute Gasteiger partial charge is 0.248 e. The molecule has 0 N–H and O–H groups in total. The topological polar surface area (TPSA) is 97.9 Å². The van der Waals surface area contributed by atoms with Crippen LogP contribution in [0, 0.1) is 0 Å². The summed E-state index contributed by atoms with van der Waals surface area (Å²) in [6.07, 6.45) is 0.579. The molecule has 0 unspecified atom stereocenters. The van der Waals surface area contributed by atoms with Gasteiger partial charge in [-0.3, -0.25) is 4.79 Å². The van der Waals surface area contributed by atoms with Crippen molar-refractivity contribution < 1.29 is 32.2 Å². The fourth-order valence-corrected chi connectivity index (χ4v) is 6.14. The zero-order valence-electron chi connectivity index (χ0n) is 21.2. The predicted octanol–water partition coefficient (Wildman–Crippen LogP) is 1.75. The second kappa shape index (κ2) is 10.9. The first-order valence-electron chi connectivity index (χ1n) is 11.8. The molecule has 1 saturated heterocycles. The van der Waals surface area contributed by atoms with E-state index in [1.165, 1.54) is 11.4 Å². The van der Waals surface area contributed by atoms with Gasteiger partial charge in [0.25, 0.3) is 0 Å². The normalized spacial score (nSPS) is 16.4. The fraction of sp³-hybridized carbons (Fsp3) is 0.480. The number of anilines is 1. The molecule has 1 amide bonds. The first-order chi connectivity index (χ1) is 17.3. The van der Waals surface area contributed by atoms with Crippen molar-refractivity contribution in [2.45, 2.75) is 17.9 Å². The summed E-state index contributed by atoms with van der Waals surface area (Å²) in [5, 5.41) is 0. The van der Waals surface area contributed by atoms with Gasteiger partial charge >= 0.3 is 0 Å². The van der Waals surface area contributed by atoms with Crippen LogP contribution in [0.2, 0.25) is 0 Å². The zero-order chi connectivity index (χ0) is 25.9. The van der Waals surface area contributed by atoms with Crippen LogP contribution in [-0.4, -0.2) is 91.3 Å². The number of amides is 1. The summed E-state index contributed by atoms with van der Waals surface area (Å²) < 4.78 is 50.1. The molecular weight excluding hydrogens is 486 g/mol. The maximum Gasteiger partial charge on any atom is 0.248 e. The number of ether oxygens (including phenoxy) is 4. The minimum atomic E-state index is -3.76. The van der Waals surface area contributed by atoms with Crippen molar-refractivity contribution in [2.75, 3.05) is 72.7 Å². The van der Waals surface area contributed by atoms with Gasteiger partial charge in [-0.05, 0) is 47.9 Å². The minimum absolute atomic E-state index is 0.0503. The van der Waals surface area contributed by atoms with Crippen LogP contribution in [0.1, 0.15) is 11.1 Å². The molecule has 0 aliphatic carbocycles. The third-order valence-corrected chi connectivity index (χ3v) is 8.55. The highest BCUT2D eigenvalue weighted by molar-refractivity contribution is 7.89. The van der Waals surface area contributed by atoms with Crippen LogP contribution < -0.4 is 19.1 Å². The SMILES string of the molecule is COCC(=O)N1CCN(c2cc(S(=O)(=O)N3CCc4cc(OC)c(OC)cc4C3)ccc2OC)CC1. The molecule has 2 aliphatic heterocycles. The van der Waals surface area contributed by atoms with E-state index in [0.717, 1.165) is 11.1 Å². The molecule has 11 heteroatoms. The molecule has 0 aromatic heterocycles. The van der Waals surface area contributed by atoms with Crippen LogP contribution >= 0.6 is 0 Å². The highest BCUT2D eigenvalue weighted by atomic mass is 32.2. The van der Waals surface area contributed by atoms with Gasteiger partial charge in [0.2, 0.25) is 15.9 Å². The highest BCUT2D eigenvalue weighted by Crippen LogP contribution is 2.36. The lowest BCUT2D eigenvalue weighted by Gasteiger charge is -2.37. The molecule has 0 spiro atoms. The average molecular weight is 520 g/mol. The van der Waals surface area contributed by atoms with Crippen molar-refractivity contribution in [2.24, 2.45) is 0 Å². The monoisotopic (exact) mass is 519 g/mol. The molecule has 0 bridgehead atoms. The van der Waals surface area contributed by atoms with Gasteiger partial charge in [0.1, 0.15) is 12.4 Å². The Balaban J connectivity index is 1.56. The van der Waals surface area contributed by atoms with Crippen LogP contribution in [-0.2, 0) is 32.5 Å². The van der Waals surface area contributed by atoms with Crippen LogP contribution in [0.15, 0.2) is 35.2 Å². The standard InChI is InChI=1S/C25H33N3O7S/c1-32-17-25(29)27-11-9-26(10-12-27)21-15-20(5-6-22(21)33-2)36(30,31)28-8-7-18-13-23(34-3)24(35-4)14-19(18)16-28/h5-6,13-15H,7-12,16-17H2,1-4H3.